The zero-order valence-electron chi connectivity index (χ0n) is 6.18. The largest absolute Gasteiger partial charge is 0.372 e. The van der Waals surface area contributed by atoms with Crippen molar-refractivity contribution in [3.05, 3.63) is 0 Å². The first-order valence-electron chi connectivity index (χ1n) is 4.05. The van der Waals surface area contributed by atoms with Gasteiger partial charge < -0.3 is 4.74 Å². The number of nitrogens with zero attached hydrogens (tertiary/aromatic N) is 1. The topological polar surface area (TPSA) is 27.8 Å². The van der Waals surface area contributed by atoms with E-state index in [0.717, 1.165) is 13.2 Å². The molecule has 1 N–H and O–H groups in total. The summed E-state index contributed by atoms with van der Waals surface area (Å²) < 4.78 is 5.08. The number of epoxide rings is 1. The van der Waals surface area contributed by atoms with Crippen LogP contribution in [0.15, 0.2) is 0 Å². The number of ether oxygens (including phenoxy) is 1. The first kappa shape index (κ1) is 6.58. The van der Waals surface area contributed by atoms with Crippen molar-refractivity contribution in [3.63, 3.8) is 0 Å². The van der Waals surface area contributed by atoms with Crippen LogP contribution in [0.1, 0.15) is 12.8 Å². The van der Waals surface area contributed by atoms with E-state index in [9.17, 15) is 0 Å². The minimum Gasteiger partial charge on any atom is -0.372 e. The number of nitrogens with one attached hydrogen (secondary N) is 1. The molecule has 58 valence electrons. The van der Waals surface area contributed by atoms with E-state index in [1.165, 1.54) is 25.9 Å². The van der Waals surface area contributed by atoms with Crippen molar-refractivity contribution in [1.29, 1.82) is 0 Å². The third-order valence-electron chi connectivity index (χ3n) is 2.05. The van der Waals surface area contributed by atoms with Gasteiger partial charge >= 0.3 is 0 Å². The van der Waals surface area contributed by atoms with Crippen LogP contribution in [0.5, 0.6) is 0 Å². The van der Waals surface area contributed by atoms with E-state index in [0.29, 0.717) is 6.10 Å². The standard InChI is InChI=1S/C7H14N2O/c1-2-4-9(3-1)8-5-7-6-10-7/h7-8H,1-6H2. The van der Waals surface area contributed by atoms with Gasteiger partial charge in [-0.15, -0.1) is 0 Å². The van der Waals surface area contributed by atoms with Gasteiger partial charge in [-0.1, -0.05) is 0 Å². The summed E-state index contributed by atoms with van der Waals surface area (Å²) in [6.07, 6.45) is 3.21. The molecule has 1 unspecified atom stereocenters. The van der Waals surface area contributed by atoms with Gasteiger partial charge in [0.1, 0.15) is 0 Å². The van der Waals surface area contributed by atoms with E-state index < -0.39 is 0 Å². The minimum absolute atomic E-state index is 0.514. The summed E-state index contributed by atoms with van der Waals surface area (Å²) >= 11 is 0. The monoisotopic (exact) mass is 142 g/mol. The number of hydrogen-bond donors (Lipinski definition) is 1. The highest BCUT2D eigenvalue weighted by molar-refractivity contribution is 4.72. The van der Waals surface area contributed by atoms with Gasteiger partial charge in [-0.2, -0.15) is 0 Å². The first-order valence-corrected chi connectivity index (χ1v) is 4.05. The predicted octanol–water partition coefficient (Wildman–Crippen LogP) is -0.0144. The molecular weight excluding hydrogens is 128 g/mol. The molecule has 2 aliphatic rings. The molecule has 0 spiro atoms. The second kappa shape index (κ2) is 2.86. The zero-order chi connectivity index (χ0) is 6.81. The molecule has 0 radical (unpaired) electrons. The lowest BCUT2D eigenvalue weighted by Crippen LogP contribution is -2.37. The summed E-state index contributed by atoms with van der Waals surface area (Å²) in [4.78, 5) is 0. The molecule has 2 aliphatic heterocycles. The fourth-order valence-electron chi connectivity index (χ4n) is 1.29. The van der Waals surface area contributed by atoms with Crippen LogP contribution < -0.4 is 5.43 Å². The molecule has 2 heterocycles. The summed E-state index contributed by atoms with van der Waals surface area (Å²) in [6.45, 7) is 4.40. The van der Waals surface area contributed by atoms with Gasteiger partial charge in [0.25, 0.3) is 0 Å². The van der Waals surface area contributed by atoms with Crippen molar-refractivity contribution >= 4 is 0 Å². The molecule has 0 aromatic carbocycles. The minimum atomic E-state index is 0.514. The SMILES string of the molecule is C1CCN(NCC2CO2)C1. The van der Waals surface area contributed by atoms with E-state index in [4.69, 9.17) is 4.74 Å². The van der Waals surface area contributed by atoms with Gasteiger partial charge in [0.15, 0.2) is 0 Å². The molecule has 3 heteroatoms. The average molecular weight is 142 g/mol. The Balaban J connectivity index is 1.59. The van der Waals surface area contributed by atoms with Crippen molar-refractivity contribution in [2.75, 3.05) is 26.2 Å². The Kier molecular flexibility index (Phi) is 1.88. The number of hydrazine groups is 1. The molecule has 2 saturated heterocycles. The van der Waals surface area contributed by atoms with E-state index in [-0.39, 0.29) is 0 Å². The van der Waals surface area contributed by atoms with Crippen LogP contribution in [0.3, 0.4) is 0 Å². The van der Waals surface area contributed by atoms with Gasteiger partial charge in [0.05, 0.1) is 12.7 Å². The number of rotatable bonds is 3. The highest BCUT2D eigenvalue weighted by Crippen LogP contribution is 2.08. The summed E-state index contributed by atoms with van der Waals surface area (Å²) in [5.41, 5.74) is 3.35. The van der Waals surface area contributed by atoms with E-state index in [2.05, 4.69) is 10.4 Å². The van der Waals surface area contributed by atoms with Crippen molar-refractivity contribution < 1.29 is 4.74 Å². The molecule has 2 rings (SSSR count). The fraction of sp³-hybridized carbons (Fsp3) is 1.00. The number of hydrogen-bond acceptors (Lipinski definition) is 3. The van der Waals surface area contributed by atoms with Gasteiger partial charge in [-0.3, -0.25) is 5.43 Å². The zero-order valence-corrected chi connectivity index (χ0v) is 6.18. The third kappa shape index (κ3) is 1.68. The van der Waals surface area contributed by atoms with E-state index >= 15 is 0 Å². The summed E-state index contributed by atoms with van der Waals surface area (Å²) in [5.74, 6) is 0. The Bertz CT molecular complexity index is 108. The Labute approximate surface area is 61.3 Å². The normalized spacial score (nSPS) is 33.0. The van der Waals surface area contributed by atoms with Crippen LogP contribution in [0.4, 0.5) is 0 Å². The lowest BCUT2D eigenvalue weighted by molar-refractivity contribution is 0.222. The lowest BCUT2D eigenvalue weighted by atomic mass is 10.4. The fourth-order valence-corrected chi connectivity index (χ4v) is 1.29. The molecule has 0 aromatic rings. The van der Waals surface area contributed by atoms with Gasteiger partial charge in [-0.25, -0.2) is 5.01 Å². The molecule has 0 aromatic heterocycles. The Morgan fingerprint density at radius 3 is 2.70 bits per heavy atom. The van der Waals surface area contributed by atoms with Crippen LogP contribution in [0, 0.1) is 0 Å². The van der Waals surface area contributed by atoms with Gasteiger partial charge in [0, 0.05) is 19.6 Å². The molecular formula is C7H14N2O. The van der Waals surface area contributed by atoms with E-state index in [1.54, 1.807) is 0 Å². The molecule has 1 atom stereocenters. The molecule has 0 bridgehead atoms. The van der Waals surface area contributed by atoms with Gasteiger partial charge in [0.2, 0.25) is 0 Å². The predicted molar refractivity (Wildman–Crippen MR) is 38.5 cm³/mol. The quantitative estimate of drug-likeness (QED) is 0.561. The maximum atomic E-state index is 5.08. The third-order valence-corrected chi connectivity index (χ3v) is 2.05. The van der Waals surface area contributed by atoms with Crippen molar-refractivity contribution in [2.24, 2.45) is 0 Å². The molecule has 10 heavy (non-hydrogen) atoms. The summed E-state index contributed by atoms with van der Waals surface area (Å²) in [5, 5.41) is 2.29. The molecule has 3 nitrogen and oxygen atoms in total. The smallest absolute Gasteiger partial charge is 0.0947 e. The lowest BCUT2D eigenvalue weighted by Gasteiger charge is -2.14. The average Bonchev–Trinajstić information content (AvgIpc) is 2.63. The highest BCUT2D eigenvalue weighted by atomic mass is 16.6. The first-order chi connectivity index (χ1) is 4.95. The van der Waals surface area contributed by atoms with Crippen LogP contribution in [-0.4, -0.2) is 37.4 Å². The Hall–Kier alpha value is -0.120. The van der Waals surface area contributed by atoms with Crippen LogP contribution >= 0.6 is 0 Å². The second-order valence-corrected chi connectivity index (χ2v) is 3.01. The maximum absolute atomic E-state index is 5.08. The van der Waals surface area contributed by atoms with E-state index in [1.807, 2.05) is 0 Å². The summed E-state index contributed by atoms with van der Waals surface area (Å²) in [6, 6.07) is 0. The van der Waals surface area contributed by atoms with Crippen molar-refractivity contribution in [1.82, 2.24) is 10.4 Å². The molecule has 0 amide bonds. The molecule has 0 aliphatic carbocycles. The van der Waals surface area contributed by atoms with Crippen LogP contribution in [0.25, 0.3) is 0 Å². The van der Waals surface area contributed by atoms with Gasteiger partial charge in [-0.05, 0) is 12.8 Å². The molecule has 0 saturated carbocycles. The van der Waals surface area contributed by atoms with Crippen molar-refractivity contribution in [3.8, 4) is 0 Å². The summed E-state index contributed by atoms with van der Waals surface area (Å²) in [7, 11) is 0. The maximum Gasteiger partial charge on any atom is 0.0947 e. The van der Waals surface area contributed by atoms with Crippen LogP contribution in [0.2, 0.25) is 0 Å². The van der Waals surface area contributed by atoms with Crippen LogP contribution in [-0.2, 0) is 4.74 Å². The Morgan fingerprint density at radius 1 is 1.40 bits per heavy atom. The highest BCUT2D eigenvalue weighted by Gasteiger charge is 2.23. The second-order valence-electron chi connectivity index (χ2n) is 3.01. The molecule has 2 fully saturated rings. The van der Waals surface area contributed by atoms with Crippen molar-refractivity contribution in [2.45, 2.75) is 18.9 Å². The Morgan fingerprint density at radius 2 is 2.10 bits per heavy atom.